The van der Waals surface area contributed by atoms with Crippen LogP contribution in [0.4, 0.5) is 0 Å². The summed E-state index contributed by atoms with van der Waals surface area (Å²) in [6, 6.07) is 0. The molecule has 0 aromatic rings. The molecule has 0 amide bonds. The Morgan fingerprint density at radius 2 is 2.31 bits per heavy atom. The standard InChI is InChI=1S/C12H15NO2S/c1-3-10-13-8-9(16-10)11(14)15-12(4-2)6-5-7-12/h3-4,9H,1-2,5-8H2. The predicted molar refractivity (Wildman–Crippen MR) is 66.7 cm³/mol. The van der Waals surface area contributed by atoms with Gasteiger partial charge in [-0.25, -0.2) is 0 Å². The third kappa shape index (κ3) is 2.07. The molecule has 1 saturated carbocycles. The minimum absolute atomic E-state index is 0.176. The van der Waals surface area contributed by atoms with Crippen LogP contribution in [-0.2, 0) is 9.53 Å². The normalized spacial score (nSPS) is 26.5. The molecule has 0 bridgehead atoms. The Kier molecular flexibility index (Phi) is 3.19. The second-order valence-corrected chi connectivity index (χ2v) is 5.26. The number of carbonyl (C=O) groups excluding carboxylic acids is 1. The molecule has 2 aliphatic rings. The zero-order valence-electron chi connectivity index (χ0n) is 9.15. The number of aliphatic imine (C=N–C) groups is 1. The van der Waals surface area contributed by atoms with E-state index in [4.69, 9.17) is 4.74 Å². The van der Waals surface area contributed by atoms with Crippen molar-refractivity contribution in [2.24, 2.45) is 4.99 Å². The lowest BCUT2D eigenvalue weighted by molar-refractivity contribution is -0.160. The predicted octanol–water partition coefficient (Wildman–Crippen LogP) is 2.34. The van der Waals surface area contributed by atoms with Gasteiger partial charge in [0.25, 0.3) is 0 Å². The van der Waals surface area contributed by atoms with Crippen LogP contribution in [0.3, 0.4) is 0 Å². The van der Waals surface area contributed by atoms with Crippen molar-refractivity contribution < 1.29 is 9.53 Å². The number of nitrogens with zero attached hydrogens (tertiary/aromatic N) is 1. The Morgan fingerprint density at radius 3 is 2.75 bits per heavy atom. The van der Waals surface area contributed by atoms with Gasteiger partial charge in [0.05, 0.1) is 11.6 Å². The summed E-state index contributed by atoms with van der Waals surface area (Å²) in [7, 11) is 0. The number of hydrogen-bond acceptors (Lipinski definition) is 4. The summed E-state index contributed by atoms with van der Waals surface area (Å²) in [6.45, 7) is 7.87. The minimum Gasteiger partial charge on any atom is -0.454 e. The van der Waals surface area contributed by atoms with E-state index in [1.165, 1.54) is 11.8 Å². The second-order valence-electron chi connectivity index (χ2n) is 4.03. The largest absolute Gasteiger partial charge is 0.454 e. The van der Waals surface area contributed by atoms with Gasteiger partial charge in [-0.3, -0.25) is 9.79 Å². The van der Waals surface area contributed by atoms with Gasteiger partial charge in [0.1, 0.15) is 10.9 Å². The molecule has 3 nitrogen and oxygen atoms in total. The van der Waals surface area contributed by atoms with E-state index in [1.54, 1.807) is 12.2 Å². The van der Waals surface area contributed by atoms with Gasteiger partial charge in [0.15, 0.2) is 0 Å². The van der Waals surface area contributed by atoms with Gasteiger partial charge >= 0.3 is 5.97 Å². The highest BCUT2D eigenvalue weighted by atomic mass is 32.2. The highest BCUT2D eigenvalue weighted by Gasteiger charge is 2.40. The molecule has 1 aliphatic heterocycles. The van der Waals surface area contributed by atoms with Crippen LogP contribution in [0.5, 0.6) is 0 Å². The molecule has 1 aliphatic carbocycles. The highest BCUT2D eigenvalue weighted by Crippen LogP contribution is 2.38. The topological polar surface area (TPSA) is 38.7 Å². The Bertz CT molecular complexity index is 358. The molecule has 86 valence electrons. The molecule has 0 aromatic heterocycles. The zero-order valence-corrected chi connectivity index (χ0v) is 9.96. The molecule has 1 heterocycles. The lowest BCUT2D eigenvalue weighted by Crippen LogP contribution is -2.42. The third-order valence-corrected chi connectivity index (χ3v) is 4.15. The highest BCUT2D eigenvalue weighted by molar-refractivity contribution is 8.15. The van der Waals surface area contributed by atoms with E-state index in [0.29, 0.717) is 6.54 Å². The first-order valence-corrected chi connectivity index (χ1v) is 6.27. The van der Waals surface area contributed by atoms with Gasteiger partial charge in [-0.2, -0.15) is 0 Å². The number of esters is 1. The van der Waals surface area contributed by atoms with Crippen molar-refractivity contribution in [3.05, 3.63) is 25.3 Å². The number of ether oxygens (including phenoxy) is 1. The number of carbonyl (C=O) groups is 1. The maximum Gasteiger partial charge on any atom is 0.322 e. The maximum atomic E-state index is 11.9. The maximum absolute atomic E-state index is 11.9. The van der Waals surface area contributed by atoms with Crippen molar-refractivity contribution in [3.8, 4) is 0 Å². The first-order valence-electron chi connectivity index (χ1n) is 5.39. The molecule has 0 spiro atoms. The van der Waals surface area contributed by atoms with E-state index in [-0.39, 0.29) is 11.2 Å². The molecule has 1 fully saturated rings. The van der Waals surface area contributed by atoms with Crippen LogP contribution in [0.2, 0.25) is 0 Å². The van der Waals surface area contributed by atoms with Crippen LogP contribution < -0.4 is 0 Å². The molecule has 0 aromatic carbocycles. The van der Waals surface area contributed by atoms with E-state index in [1.807, 2.05) is 0 Å². The molecule has 2 rings (SSSR count). The van der Waals surface area contributed by atoms with Crippen molar-refractivity contribution in [1.29, 1.82) is 0 Å². The molecular formula is C12H15NO2S. The monoisotopic (exact) mass is 237 g/mol. The molecule has 0 saturated heterocycles. The van der Waals surface area contributed by atoms with E-state index in [2.05, 4.69) is 18.2 Å². The lowest BCUT2D eigenvalue weighted by Gasteiger charge is -2.38. The summed E-state index contributed by atoms with van der Waals surface area (Å²) in [4.78, 5) is 16.1. The third-order valence-electron chi connectivity index (χ3n) is 2.99. The summed E-state index contributed by atoms with van der Waals surface area (Å²) >= 11 is 1.43. The fourth-order valence-corrected chi connectivity index (χ4v) is 2.60. The number of thioether (sulfide) groups is 1. The minimum atomic E-state index is -0.394. The molecule has 1 atom stereocenters. The average Bonchev–Trinajstić information content (AvgIpc) is 2.71. The van der Waals surface area contributed by atoms with Crippen molar-refractivity contribution in [2.45, 2.75) is 30.1 Å². The smallest absolute Gasteiger partial charge is 0.322 e. The molecule has 16 heavy (non-hydrogen) atoms. The molecule has 1 unspecified atom stereocenters. The molecule has 0 radical (unpaired) electrons. The van der Waals surface area contributed by atoms with Crippen LogP contribution >= 0.6 is 11.8 Å². The Morgan fingerprint density at radius 1 is 1.56 bits per heavy atom. The summed E-state index contributed by atoms with van der Waals surface area (Å²) in [5.74, 6) is -0.176. The van der Waals surface area contributed by atoms with E-state index in [9.17, 15) is 4.79 Å². The molecule has 4 heteroatoms. The first-order chi connectivity index (χ1) is 7.69. The Hall–Kier alpha value is -1.03. The quantitative estimate of drug-likeness (QED) is 0.556. The van der Waals surface area contributed by atoms with Gasteiger partial charge in [0.2, 0.25) is 0 Å². The van der Waals surface area contributed by atoms with E-state index in [0.717, 1.165) is 24.3 Å². The van der Waals surface area contributed by atoms with E-state index < -0.39 is 5.60 Å². The molecule has 0 N–H and O–H groups in total. The van der Waals surface area contributed by atoms with Crippen molar-refractivity contribution in [1.82, 2.24) is 0 Å². The second kappa shape index (κ2) is 4.45. The SMILES string of the molecule is C=CC1=NCC(C(=O)OC2(C=C)CCC2)S1. The Labute approximate surface area is 99.7 Å². The van der Waals surface area contributed by atoms with Crippen LogP contribution in [0.1, 0.15) is 19.3 Å². The van der Waals surface area contributed by atoms with Gasteiger partial charge < -0.3 is 4.74 Å². The van der Waals surface area contributed by atoms with Crippen molar-refractivity contribution in [2.75, 3.05) is 6.54 Å². The van der Waals surface area contributed by atoms with Crippen LogP contribution in [0.25, 0.3) is 0 Å². The van der Waals surface area contributed by atoms with Gasteiger partial charge in [-0.15, -0.1) is 0 Å². The summed E-state index contributed by atoms with van der Waals surface area (Å²) < 4.78 is 5.51. The van der Waals surface area contributed by atoms with Crippen molar-refractivity contribution in [3.63, 3.8) is 0 Å². The number of rotatable bonds is 4. The van der Waals surface area contributed by atoms with Gasteiger partial charge in [-0.1, -0.05) is 24.9 Å². The van der Waals surface area contributed by atoms with Crippen LogP contribution in [-0.4, -0.2) is 28.4 Å². The first kappa shape index (κ1) is 11.5. The lowest BCUT2D eigenvalue weighted by atomic mass is 9.80. The molecular weight excluding hydrogens is 222 g/mol. The summed E-state index contributed by atoms with van der Waals surface area (Å²) in [6.07, 6.45) is 6.32. The Balaban J connectivity index is 1.90. The van der Waals surface area contributed by atoms with Crippen molar-refractivity contribution >= 4 is 22.8 Å². The average molecular weight is 237 g/mol. The number of hydrogen-bond donors (Lipinski definition) is 0. The summed E-state index contributed by atoms with van der Waals surface area (Å²) in [5.41, 5.74) is -0.394. The van der Waals surface area contributed by atoms with Crippen LogP contribution in [0, 0.1) is 0 Å². The fourth-order valence-electron chi connectivity index (χ4n) is 1.77. The summed E-state index contributed by atoms with van der Waals surface area (Å²) in [5, 5.41) is 0.619. The fraction of sp³-hybridized carbons (Fsp3) is 0.500. The van der Waals surface area contributed by atoms with Crippen LogP contribution in [0.15, 0.2) is 30.3 Å². The van der Waals surface area contributed by atoms with Gasteiger partial charge in [0, 0.05) is 0 Å². The van der Waals surface area contributed by atoms with Gasteiger partial charge in [-0.05, 0) is 31.4 Å². The van der Waals surface area contributed by atoms with E-state index >= 15 is 0 Å². The zero-order chi connectivity index (χ0) is 11.6.